The summed E-state index contributed by atoms with van der Waals surface area (Å²) in [4.78, 5) is 0. The molecule has 0 aromatic carbocycles. The van der Waals surface area contributed by atoms with E-state index >= 15 is 0 Å². The summed E-state index contributed by atoms with van der Waals surface area (Å²) in [6.07, 6.45) is 29.0. The molecule has 0 aromatic rings. The highest BCUT2D eigenvalue weighted by molar-refractivity contribution is 5.85. The van der Waals surface area contributed by atoms with Gasteiger partial charge in [-0.25, -0.2) is 0 Å². The molecule has 0 amide bonds. The van der Waals surface area contributed by atoms with Gasteiger partial charge in [0.15, 0.2) is 0 Å². The van der Waals surface area contributed by atoms with Crippen LogP contribution in [0.15, 0.2) is 0 Å². The lowest BCUT2D eigenvalue weighted by atomic mass is 9.85. The predicted octanol–water partition coefficient (Wildman–Crippen LogP) is 6.98. The second kappa shape index (κ2) is 20.8. The van der Waals surface area contributed by atoms with E-state index in [0.29, 0.717) is 0 Å². The Labute approximate surface area is 201 Å². The normalized spacial score (nSPS) is 18.4. The first kappa shape index (κ1) is 29.2. The molecule has 31 heavy (non-hydrogen) atoms. The molecule has 4 heteroatoms. The van der Waals surface area contributed by atoms with Crippen LogP contribution in [0, 0.1) is 11.8 Å². The van der Waals surface area contributed by atoms with Crippen molar-refractivity contribution in [3.63, 3.8) is 0 Å². The van der Waals surface area contributed by atoms with Crippen LogP contribution in [0.25, 0.3) is 0 Å². The number of unbranched alkanes of at least 4 members (excludes halogenated alkanes) is 2. The topological polar surface area (TPSA) is 50.1 Å². The van der Waals surface area contributed by atoms with Crippen LogP contribution in [0.3, 0.4) is 0 Å². The molecule has 2 saturated carbocycles. The van der Waals surface area contributed by atoms with Crippen LogP contribution in [0.2, 0.25) is 0 Å². The third-order valence-corrected chi connectivity index (χ3v) is 7.80. The Morgan fingerprint density at radius 3 is 1.65 bits per heavy atom. The van der Waals surface area contributed by atoms with Crippen LogP contribution >= 0.6 is 12.4 Å². The van der Waals surface area contributed by atoms with E-state index in [1.807, 2.05) is 0 Å². The summed E-state index contributed by atoms with van der Waals surface area (Å²) in [6, 6.07) is 0.756. The zero-order chi connectivity index (χ0) is 21.1. The molecule has 0 aliphatic heterocycles. The standard InChI is InChI=1S/C27H55N3.ClH/c28-21-11-22-29-23-12-24-30-27(19-9-7-17-25-13-3-1-4-14-25)20-10-8-18-26-15-5-2-6-16-26;/h25-27,29-30H,1-24,28H2;1H. The summed E-state index contributed by atoms with van der Waals surface area (Å²) in [5, 5.41) is 7.44. The highest BCUT2D eigenvalue weighted by Crippen LogP contribution is 2.29. The molecule has 0 heterocycles. The molecule has 0 atom stereocenters. The van der Waals surface area contributed by atoms with Crippen molar-refractivity contribution in [2.45, 2.75) is 134 Å². The average molecular weight is 458 g/mol. The molecule has 0 radical (unpaired) electrons. The Bertz CT molecular complexity index is 341. The molecule has 0 saturated heterocycles. The lowest BCUT2D eigenvalue weighted by molar-refractivity contribution is 0.315. The molecule has 2 fully saturated rings. The Morgan fingerprint density at radius 1 is 0.613 bits per heavy atom. The monoisotopic (exact) mass is 457 g/mol. The van der Waals surface area contributed by atoms with Crippen molar-refractivity contribution in [3.8, 4) is 0 Å². The Morgan fingerprint density at radius 2 is 1.13 bits per heavy atom. The molecule has 0 aromatic heterocycles. The molecule has 2 aliphatic rings. The molecule has 4 N–H and O–H groups in total. The number of rotatable bonds is 18. The number of hydrogen-bond acceptors (Lipinski definition) is 3. The second-order valence-corrected chi connectivity index (χ2v) is 10.5. The van der Waals surface area contributed by atoms with Crippen molar-refractivity contribution in [3.05, 3.63) is 0 Å². The minimum absolute atomic E-state index is 0. The maximum Gasteiger partial charge on any atom is 0.00670 e. The van der Waals surface area contributed by atoms with E-state index < -0.39 is 0 Å². The largest absolute Gasteiger partial charge is 0.330 e. The lowest BCUT2D eigenvalue weighted by Gasteiger charge is -2.23. The van der Waals surface area contributed by atoms with Gasteiger partial charge in [0, 0.05) is 6.04 Å². The molecule has 2 aliphatic carbocycles. The van der Waals surface area contributed by atoms with Crippen molar-refractivity contribution in [2.75, 3.05) is 26.2 Å². The van der Waals surface area contributed by atoms with Gasteiger partial charge in [-0.2, -0.15) is 0 Å². The Hall–Kier alpha value is 0.170. The highest BCUT2D eigenvalue weighted by atomic mass is 35.5. The molecule has 3 nitrogen and oxygen atoms in total. The van der Waals surface area contributed by atoms with Crippen LogP contribution in [0.4, 0.5) is 0 Å². The number of halogens is 1. The van der Waals surface area contributed by atoms with Crippen LogP contribution in [-0.2, 0) is 0 Å². The van der Waals surface area contributed by atoms with E-state index in [4.69, 9.17) is 5.73 Å². The van der Waals surface area contributed by atoms with Crippen LogP contribution < -0.4 is 16.4 Å². The fourth-order valence-electron chi connectivity index (χ4n) is 5.82. The summed E-state index contributed by atoms with van der Waals surface area (Å²) >= 11 is 0. The molecule has 186 valence electrons. The van der Waals surface area contributed by atoms with Gasteiger partial charge in [-0.1, -0.05) is 103 Å². The molecular weight excluding hydrogens is 402 g/mol. The lowest BCUT2D eigenvalue weighted by Crippen LogP contribution is -2.32. The first-order valence-electron chi connectivity index (χ1n) is 14.0. The van der Waals surface area contributed by atoms with E-state index in [-0.39, 0.29) is 12.4 Å². The molecule has 0 bridgehead atoms. The predicted molar refractivity (Wildman–Crippen MR) is 140 cm³/mol. The molecular formula is C27H56ClN3. The van der Waals surface area contributed by atoms with Gasteiger partial charge in [0.2, 0.25) is 0 Å². The van der Waals surface area contributed by atoms with Gasteiger partial charge < -0.3 is 16.4 Å². The van der Waals surface area contributed by atoms with Gasteiger partial charge in [-0.15, -0.1) is 12.4 Å². The highest BCUT2D eigenvalue weighted by Gasteiger charge is 2.15. The summed E-state index contributed by atoms with van der Waals surface area (Å²) in [7, 11) is 0. The molecule has 0 spiro atoms. The first-order valence-corrected chi connectivity index (χ1v) is 14.0. The van der Waals surface area contributed by atoms with Crippen LogP contribution in [-0.4, -0.2) is 32.2 Å². The number of nitrogens with two attached hydrogens (primary N) is 1. The summed E-state index contributed by atoms with van der Waals surface area (Å²) < 4.78 is 0. The van der Waals surface area contributed by atoms with E-state index in [0.717, 1.165) is 43.9 Å². The van der Waals surface area contributed by atoms with Gasteiger partial charge in [0.1, 0.15) is 0 Å². The third kappa shape index (κ3) is 15.6. The van der Waals surface area contributed by atoms with Crippen molar-refractivity contribution in [1.29, 1.82) is 0 Å². The van der Waals surface area contributed by atoms with Crippen LogP contribution in [0.5, 0.6) is 0 Å². The quantitative estimate of drug-likeness (QED) is 0.194. The SMILES string of the molecule is Cl.NCCCNCCCNC(CCCCC1CCCCC1)CCCCC1CCCCC1. The van der Waals surface area contributed by atoms with Gasteiger partial charge in [0.05, 0.1) is 0 Å². The fraction of sp³-hybridized carbons (Fsp3) is 1.00. The van der Waals surface area contributed by atoms with E-state index in [1.54, 1.807) is 0 Å². The van der Waals surface area contributed by atoms with Crippen molar-refractivity contribution in [2.24, 2.45) is 17.6 Å². The number of hydrogen-bond donors (Lipinski definition) is 3. The van der Waals surface area contributed by atoms with E-state index in [1.165, 1.54) is 129 Å². The smallest absolute Gasteiger partial charge is 0.00670 e. The van der Waals surface area contributed by atoms with Gasteiger partial charge in [0.25, 0.3) is 0 Å². The van der Waals surface area contributed by atoms with Crippen molar-refractivity contribution < 1.29 is 0 Å². The van der Waals surface area contributed by atoms with E-state index in [9.17, 15) is 0 Å². The minimum Gasteiger partial charge on any atom is -0.330 e. The molecule has 2 rings (SSSR count). The Kier molecular flexibility index (Phi) is 19.6. The zero-order valence-corrected chi connectivity index (χ0v) is 21.5. The average Bonchev–Trinajstić information content (AvgIpc) is 2.79. The molecule has 0 unspecified atom stereocenters. The number of nitrogens with one attached hydrogen (secondary N) is 2. The van der Waals surface area contributed by atoms with Crippen molar-refractivity contribution in [1.82, 2.24) is 10.6 Å². The minimum atomic E-state index is 0. The summed E-state index contributed by atoms with van der Waals surface area (Å²) in [5.74, 6) is 2.11. The van der Waals surface area contributed by atoms with Crippen LogP contribution in [0.1, 0.15) is 128 Å². The maximum atomic E-state index is 5.57. The summed E-state index contributed by atoms with van der Waals surface area (Å²) in [6.45, 7) is 4.17. The van der Waals surface area contributed by atoms with Gasteiger partial charge in [-0.05, 0) is 63.7 Å². The Balaban J connectivity index is 0.00000480. The fourth-order valence-corrected chi connectivity index (χ4v) is 5.82. The van der Waals surface area contributed by atoms with Gasteiger partial charge in [-0.3, -0.25) is 0 Å². The van der Waals surface area contributed by atoms with Crippen molar-refractivity contribution >= 4 is 12.4 Å². The second-order valence-electron chi connectivity index (χ2n) is 10.5. The maximum absolute atomic E-state index is 5.57. The summed E-state index contributed by atoms with van der Waals surface area (Å²) in [5.41, 5.74) is 5.57. The van der Waals surface area contributed by atoms with E-state index in [2.05, 4.69) is 10.6 Å². The van der Waals surface area contributed by atoms with Gasteiger partial charge >= 0.3 is 0 Å². The zero-order valence-electron chi connectivity index (χ0n) is 20.7. The third-order valence-electron chi connectivity index (χ3n) is 7.80. The first-order chi connectivity index (χ1) is 14.9.